The summed E-state index contributed by atoms with van der Waals surface area (Å²) in [5, 5.41) is 77.8. The van der Waals surface area contributed by atoms with Crippen molar-refractivity contribution in [1.82, 2.24) is 19.9 Å². The number of rotatable bonds is 12. The van der Waals surface area contributed by atoms with Gasteiger partial charge < -0.3 is 61.3 Å². The van der Waals surface area contributed by atoms with Crippen LogP contribution in [-0.2, 0) is 62.0 Å². The molecule has 0 bridgehead atoms. The number of pyridine rings is 4. The minimum absolute atomic E-state index is 0. The van der Waals surface area contributed by atoms with E-state index in [2.05, 4.69) is 56.3 Å². The molecular formula is C34H32N10O12S4Zn2. The third-order valence-corrected chi connectivity index (χ3v) is 9.55. The van der Waals surface area contributed by atoms with E-state index in [9.17, 15) is 0 Å². The van der Waals surface area contributed by atoms with Crippen molar-refractivity contribution in [2.45, 2.75) is 57.0 Å². The summed E-state index contributed by atoms with van der Waals surface area (Å²) in [5.74, 6) is 3.46. The van der Waals surface area contributed by atoms with Gasteiger partial charge in [0.25, 0.3) is 0 Å². The zero-order valence-electron chi connectivity index (χ0n) is 32.6. The van der Waals surface area contributed by atoms with Gasteiger partial charge in [-0.3, -0.25) is 0 Å². The smallest absolute Gasteiger partial charge is 0.356 e. The van der Waals surface area contributed by atoms with Crippen molar-refractivity contribution < 1.29 is 59.3 Å². The molecule has 4 aromatic heterocycles. The third kappa shape index (κ3) is 39.7. The van der Waals surface area contributed by atoms with E-state index in [-0.39, 0.29) is 39.0 Å². The van der Waals surface area contributed by atoms with Crippen molar-refractivity contribution in [1.29, 1.82) is 10.5 Å². The molecule has 22 nitrogen and oxygen atoms in total. The van der Waals surface area contributed by atoms with Gasteiger partial charge in [-0.05, 0) is 70.8 Å². The van der Waals surface area contributed by atoms with E-state index < -0.39 is 20.3 Å². The predicted molar refractivity (Wildman–Crippen MR) is 226 cm³/mol. The van der Waals surface area contributed by atoms with E-state index in [0.29, 0.717) is 0 Å². The maximum atomic E-state index is 8.25. The molecular weight excluding hydrogens is 999 g/mol. The Morgan fingerprint density at radius 2 is 0.597 bits per heavy atom. The van der Waals surface area contributed by atoms with Gasteiger partial charge in [0.05, 0.1) is 52.6 Å². The number of thioether (sulfide) groups is 4. The summed E-state index contributed by atoms with van der Waals surface area (Å²) in [5.41, 5.74) is 5.36. The van der Waals surface area contributed by atoms with E-state index in [0.717, 1.165) is 43.1 Å². The molecule has 0 radical (unpaired) electrons. The number of benzene rings is 1. The van der Waals surface area contributed by atoms with E-state index in [1.165, 1.54) is 36.1 Å². The summed E-state index contributed by atoms with van der Waals surface area (Å²) in [6, 6.07) is 32.6. The fourth-order valence-corrected chi connectivity index (χ4v) is 7.19. The minimum Gasteiger partial charge on any atom is -0.356 e. The molecule has 0 unspecified atom stereocenters. The van der Waals surface area contributed by atoms with Crippen molar-refractivity contribution in [2.24, 2.45) is 0 Å². The van der Waals surface area contributed by atoms with Gasteiger partial charge in [-0.2, -0.15) is 10.5 Å². The summed E-state index contributed by atoms with van der Waals surface area (Å²) in [6.07, 6.45) is 7.42. The first-order valence-electron chi connectivity index (χ1n) is 15.8. The first kappa shape index (κ1) is 62.9. The molecule has 0 saturated heterocycles. The SMILES string of the molecule is CC#N.CC#N.O=[N+]([O-])[O-].O=[N+]([O-])[O-].O=[N+]([O-])[O-].O=[N+]([O-])[O-].[Zn+2].[Zn+2].c1ccc(SCc2cc(CSc3ccccn3)c(CSc3ccccn3)cc2CSc2ccccn2)nc1. The van der Waals surface area contributed by atoms with Gasteiger partial charge >= 0.3 is 39.0 Å². The molecule has 5 rings (SSSR count). The van der Waals surface area contributed by atoms with Crippen LogP contribution in [0.2, 0.25) is 0 Å². The van der Waals surface area contributed by atoms with Gasteiger partial charge in [-0.1, -0.05) is 36.4 Å². The van der Waals surface area contributed by atoms with E-state index >= 15 is 0 Å². The second kappa shape index (κ2) is 42.0. The number of nitriles is 2. The Bertz CT molecular complexity index is 1760. The monoisotopic (exact) mass is 1030 g/mol. The molecule has 0 fully saturated rings. The normalized spacial score (nSPS) is 8.52. The average molecular weight is 1030 g/mol. The van der Waals surface area contributed by atoms with Gasteiger partial charge in [0.1, 0.15) is 0 Å². The summed E-state index contributed by atoms with van der Waals surface area (Å²) in [6.45, 7) is 2.86. The Labute approximate surface area is 396 Å². The van der Waals surface area contributed by atoms with Crippen LogP contribution in [0, 0.1) is 83.9 Å². The largest absolute Gasteiger partial charge is 2.00 e. The Hall–Kier alpha value is -5.75. The zero-order chi connectivity index (χ0) is 45.6. The topological polar surface area (TPSA) is 364 Å². The predicted octanol–water partition coefficient (Wildman–Crippen LogP) is 8.53. The molecule has 1 aromatic carbocycles. The second-order valence-corrected chi connectivity index (χ2v) is 13.5. The molecule has 28 heteroatoms. The van der Waals surface area contributed by atoms with Gasteiger partial charge in [0.15, 0.2) is 0 Å². The average Bonchev–Trinajstić information content (AvgIpc) is 3.19. The van der Waals surface area contributed by atoms with Crippen molar-refractivity contribution in [3.05, 3.63) is 193 Å². The van der Waals surface area contributed by atoms with Crippen LogP contribution in [0.4, 0.5) is 0 Å². The van der Waals surface area contributed by atoms with Crippen LogP contribution in [0.25, 0.3) is 0 Å². The van der Waals surface area contributed by atoms with Crippen LogP contribution in [0.5, 0.6) is 0 Å². The fourth-order valence-electron chi connectivity index (χ4n) is 3.67. The quantitative estimate of drug-likeness (QED) is 0.0488. The van der Waals surface area contributed by atoms with Crippen LogP contribution in [0.1, 0.15) is 36.1 Å². The molecule has 318 valence electrons. The van der Waals surface area contributed by atoms with Crippen LogP contribution in [-0.4, -0.2) is 40.3 Å². The van der Waals surface area contributed by atoms with E-state index in [4.69, 9.17) is 71.8 Å². The molecule has 5 aromatic rings. The molecule has 62 heavy (non-hydrogen) atoms. The summed E-state index contributed by atoms with van der Waals surface area (Å²) in [7, 11) is 0. The molecule has 0 atom stereocenters. The number of nitrogens with zero attached hydrogens (tertiary/aromatic N) is 10. The molecule has 4 heterocycles. The number of aromatic nitrogens is 4. The summed E-state index contributed by atoms with van der Waals surface area (Å²) >= 11 is 7.11. The first-order chi connectivity index (χ1) is 28.6. The molecule has 0 aliphatic carbocycles. The Morgan fingerprint density at radius 1 is 0.435 bits per heavy atom. The van der Waals surface area contributed by atoms with Crippen LogP contribution in [0.3, 0.4) is 0 Å². The Balaban J connectivity index is -0.000000587. The van der Waals surface area contributed by atoms with Gasteiger partial charge in [-0.25, -0.2) is 19.9 Å². The van der Waals surface area contributed by atoms with E-state index in [1.807, 2.05) is 73.3 Å². The third-order valence-electron chi connectivity index (χ3n) is 5.58. The molecule has 0 amide bonds. The molecule has 0 aliphatic heterocycles. The second-order valence-electron chi connectivity index (χ2n) is 9.56. The van der Waals surface area contributed by atoms with Gasteiger partial charge in [0.2, 0.25) is 0 Å². The maximum absolute atomic E-state index is 8.25. The van der Waals surface area contributed by atoms with Crippen LogP contribution in [0.15, 0.2) is 130 Å². The first-order valence-corrected chi connectivity index (χ1v) is 19.7. The van der Waals surface area contributed by atoms with Crippen LogP contribution >= 0.6 is 47.0 Å². The van der Waals surface area contributed by atoms with Crippen molar-refractivity contribution in [2.75, 3.05) is 0 Å². The van der Waals surface area contributed by atoms with Crippen molar-refractivity contribution in [3.8, 4) is 12.1 Å². The fraction of sp³-hybridized carbons (Fsp3) is 0.176. The van der Waals surface area contributed by atoms with Crippen molar-refractivity contribution >= 4 is 47.0 Å². The zero-order valence-corrected chi connectivity index (χ0v) is 41.8. The molecule has 0 N–H and O–H groups in total. The number of hydrogen-bond acceptors (Lipinski definition) is 22. The summed E-state index contributed by atoms with van der Waals surface area (Å²) < 4.78 is 0. The standard InChI is InChI=1S/C30H26N4S4.2C2H3N.4NO3.2Zn/c1-5-13-31-27(9-1)35-19-23-17-25(21-37-29-11-3-7-15-33-29)26(22-38-30-12-4-8-16-34-30)18-24(23)20-36-28-10-2-6-14-32-28;2*1-2-3;4*2-1(3)4;;/h1-18H,19-22H2;2*1H3;;;;;;/q;;;4*-1;2*+2. The molecule has 0 spiro atoms. The Morgan fingerprint density at radius 3 is 0.726 bits per heavy atom. The number of hydrogen-bond donors (Lipinski definition) is 0. The summed E-state index contributed by atoms with van der Waals surface area (Å²) in [4.78, 5) is 51.1. The van der Waals surface area contributed by atoms with Gasteiger partial charge in [-0.15, -0.1) is 47.0 Å². The van der Waals surface area contributed by atoms with Crippen molar-refractivity contribution in [3.63, 3.8) is 0 Å². The van der Waals surface area contributed by atoms with Crippen LogP contribution < -0.4 is 0 Å². The molecule has 0 aliphatic rings. The van der Waals surface area contributed by atoms with E-state index in [1.54, 1.807) is 59.2 Å². The minimum atomic E-state index is -1.75. The molecule has 0 saturated carbocycles. The Kier molecular flexibility index (Phi) is 42.6. The van der Waals surface area contributed by atoms with Gasteiger partial charge in [0, 0.05) is 61.6 Å². The maximum Gasteiger partial charge on any atom is 2.00 e.